The summed E-state index contributed by atoms with van der Waals surface area (Å²) in [4.78, 5) is 15.3. The number of aromatic nitrogens is 4. The van der Waals surface area contributed by atoms with E-state index in [0.717, 1.165) is 47.0 Å². The van der Waals surface area contributed by atoms with Crippen molar-refractivity contribution in [2.45, 2.75) is 46.2 Å². The van der Waals surface area contributed by atoms with Crippen molar-refractivity contribution in [2.24, 2.45) is 5.92 Å². The quantitative estimate of drug-likeness (QED) is 0.459. The number of fused-ring (bicyclic) bond motifs is 3. The lowest BCUT2D eigenvalue weighted by Crippen LogP contribution is -2.38. The molecule has 32 heavy (non-hydrogen) atoms. The van der Waals surface area contributed by atoms with E-state index in [2.05, 4.69) is 47.6 Å². The number of para-hydroxylation sites is 1. The number of ether oxygens (including phenoxy) is 1. The molecule has 164 valence electrons. The standard InChI is InChI=1S/C25H27N5O2/c1-16-11-20-13-21(24-26-27-28-30(24)22(20)12-17(16)2)15-29(25(31)18-8-6-9-18)14-19-7-4-5-10-23(19)32-3/h4-5,7,10-13,18H,6,8-9,14-15H2,1-3H3. The molecule has 7 heteroatoms. The third kappa shape index (κ3) is 3.57. The van der Waals surface area contributed by atoms with E-state index in [0.29, 0.717) is 18.7 Å². The van der Waals surface area contributed by atoms with Crippen LogP contribution in [0.1, 0.15) is 41.5 Å². The van der Waals surface area contributed by atoms with Gasteiger partial charge < -0.3 is 9.64 Å². The van der Waals surface area contributed by atoms with Gasteiger partial charge in [-0.1, -0.05) is 24.6 Å². The summed E-state index contributed by atoms with van der Waals surface area (Å²) >= 11 is 0. The Balaban J connectivity index is 1.57. The number of amides is 1. The Morgan fingerprint density at radius 1 is 1.09 bits per heavy atom. The van der Waals surface area contributed by atoms with Crippen molar-refractivity contribution in [3.63, 3.8) is 0 Å². The van der Waals surface area contributed by atoms with Gasteiger partial charge in [-0.2, -0.15) is 4.52 Å². The van der Waals surface area contributed by atoms with E-state index in [1.165, 1.54) is 11.1 Å². The largest absolute Gasteiger partial charge is 0.496 e. The Morgan fingerprint density at radius 2 is 1.84 bits per heavy atom. The highest BCUT2D eigenvalue weighted by Crippen LogP contribution is 2.31. The maximum atomic E-state index is 13.4. The third-order valence-electron chi connectivity index (χ3n) is 6.64. The zero-order valence-electron chi connectivity index (χ0n) is 18.7. The fourth-order valence-electron chi connectivity index (χ4n) is 4.41. The number of hydrogen-bond acceptors (Lipinski definition) is 5. The first-order valence-corrected chi connectivity index (χ1v) is 11.1. The molecule has 0 aliphatic heterocycles. The smallest absolute Gasteiger partial charge is 0.226 e. The maximum Gasteiger partial charge on any atom is 0.226 e. The molecule has 0 bridgehead atoms. The van der Waals surface area contributed by atoms with Crippen LogP contribution in [0.25, 0.3) is 16.6 Å². The zero-order chi connectivity index (χ0) is 22.2. The van der Waals surface area contributed by atoms with Gasteiger partial charge >= 0.3 is 0 Å². The second-order valence-corrected chi connectivity index (χ2v) is 8.71. The minimum absolute atomic E-state index is 0.0991. The molecule has 2 heterocycles. The van der Waals surface area contributed by atoms with Crippen LogP contribution in [-0.4, -0.2) is 38.0 Å². The first kappa shape index (κ1) is 20.4. The highest BCUT2D eigenvalue weighted by Gasteiger charge is 2.30. The van der Waals surface area contributed by atoms with Gasteiger partial charge in [0.15, 0.2) is 5.65 Å². The highest BCUT2D eigenvalue weighted by atomic mass is 16.5. The Hall–Kier alpha value is -3.48. The first-order chi connectivity index (χ1) is 15.5. The molecule has 2 aromatic carbocycles. The molecule has 4 aromatic rings. The van der Waals surface area contributed by atoms with Crippen LogP contribution in [0, 0.1) is 19.8 Å². The number of pyridine rings is 1. The fraction of sp³-hybridized carbons (Fsp3) is 0.360. The van der Waals surface area contributed by atoms with E-state index in [1.54, 1.807) is 11.6 Å². The van der Waals surface area contributed by atoms with Crippen molar-refractivity contribution in [1.82, 2.24) is 24.9 Å². The van der Waals surface area contributed by atoms with Crippen molar-refractivity contribution in [1.29, 1.82) is 0 Å². The second-order valence-electron chi connectivity index (χ2n) is 8.71. The van der Waals surface area contributed by atoms with E-state index < -0.39 is 0 Å². The summed E-state index contributed by atoms with van der Waals surface area (Å²) in [5.41, 5.74) is 6.00. The van der Waals surface area contributed by atoms with Gasteiger partial charge in [0.2, 0.25) is 5.91 Å². The molecule has 0 radical (unpaired) electrons. The lowest BCUT2D eigenvalue weighted by Gasteiger charge is -2.32. The van der Waals surface area contributed by atoms with Gasteiger partial charge in [-0.25, -0.2) is 0 Å². The molecule has 0 unspecified atom stereocenters. The van der Waals surface area contributed by atoms with Crippen molar-refractivity contribution in [3.05, 3.63) is 64.7 Å². The maximum absolute atomic E-state index is 13.4. The number of benzene rings is 2. The lowest BCUT2D eigenvalue weighted by atomic mass is 9.84. The van der Waals surface area contributed by atoms with E-state index in [9.17, 15) is 4.79 Å². The lowest BCUT2D eigenvalue weighted by molar-refractivity contribution is -0.139. The SMILES string of the molecule is COc1ccccc1CN(Cc1cc2cc(C)c(C)cc2n2nnnc12)C(=O)C1CCC1. The van der Waals surface area contributed by atoms with Crippen LogP contribution in [-0.2, 0) is 17.9 Å². The third-order valence-corrected chi connectivity index (χ3v) is 6.64. The van der Waals surface area contributed by atoms with Gasteiger partial charge in [-0.15, -0.1) is 5.10 Å². The van der Waals surface area contributed by atoms with Gasteiger partial charge in [0.1, 0.15) is 5.75 Å². The highest BCUT2D eigenvalue weighted by molar-refractivity contribution is 5.85. The Labute approximate surface area is 187 Å². The molecule has 5 rings (SSSR count). The van der Waals surface area contributed by atoms with E-state index in [1.807, 2.05) is 29.2 Å². The molecule has 1 fully saturated rings. The van der Waals surface area contributed by atoms with Gasteiger partial charge in [0.05, 0.1) is 12.6 Å². The number of aryl methyl sites for hydroxylation is 2. The number of hydrogen-bond donors (Lipinski definition) is 0. The Morgan fingerprint density at radius 3 is 2.59 bits per heavy atom. The summed E-state index contributed by atoms with van der Waals surface area (Å²) in [7, 11) is 1.66. The molecule has 1 aliphatic rings. The summed E-state index contributed by atoms with van der Waals surface area (Å²) in [5.74, 6) is 1.08. The van der Waals surface area contributed by atoms with Crippen molar-refractivity contribution >= 4 is 22.5 Å². The van der Waals surface area contributed by atoms with Crippen LogP contribution >= 0.6 is 0 Å². The number of rotatable bonds is 6. The van der Waals surface area contributed by atoms with Crippen molar-refractivity contribution < 1.29 is 9.53 Å². The fourth-order valence-corrected chi connectivity index (χ4v) is 4.41. The Kier molecular flexibility index (Phi) is 5.25. The molecular formula is C25H27N5O2. The molecule has 2 aromatic heterocycles. The number of carbonyl (C=O) groups is 1. The summed E-state index contributed by atoms with van der Waals surface area (Å²) in [6.45, 7) is 5.12. The summed E-state index contributed by atoms with van der Waals surface area (Å²) in [6, 6.07) is 14.3. The second kappa shape index (κ2) is 8.22. The number of nitrogens with zero attached hydrogens (tertiary/aromatic N) is 5. The monoisotopic (exact) mass is 429 g/mol. The first-order valence-electron chi connectivity index (χ1n) is 11.1. The number of methoxy groups -OCH3 is 1. The molecule has 7 nitrogen and oxygen atoms in total. The van der Waals surface area contributed by atoms with E-state index >= 15 is 0 Å². The molecule has 0 N–H and O–H groups in total. The molecule has 1 aliphatic carbocycles. The minimum Gasteiger partial charge on any atom is -0.496 e. The predicted octanol–water partition coefficient (Wildman–Crippen LogP) is 4.23. The predicted molar refractivity (Wildman–Crippen MR) is 122 cm³/mol. The minimum atomic E-state index is 0.0991. The zero-order valence-corrected chi connectivity index (χ0v) is 18.7. The van der Waals surface area contributed by atoms with Gasteiger partial charge in [0, 0.05) is 35.5 Å². The molecule has 1 amide bonds. The average molecular weight is 430 g/mol. The van der Waals surface area contributed by atoms with Gasteiger partial charge in [0.25, 0.3) is 0 Å². The van der Waals surface area contributed by atoms with Crippen LogP contribution in [0.2, 0.25) is 0 Å². The molecule has 0 atom stereocenters. The summed E-state index contributed by atoms with van der Waals surface area (Å²) in [6.07, 6.45) is 3.03. The van der Waals surface area contributed by atoms with E-state index in [4.69, 9.17) is 4.74 Å². The number of tetrazole rings is 1. The van der Waals surface area contributed by atoms with Crippen LogP contribution in [0.5, 0.6) is 5.75 Å². The van der Waals surface area contributed by atoms with Crippen molar-refractivity contribution in [3.8, 4) is 5.75 Å². The average Bonchev–Trinajstić information content (AvgIpc) is 3.24. The molecule has 0 spiro atoms. The molecule has 1 saturated carbocycles. The van der Waals surface area contributed by atoms with Crippen LogP contribution in [0.3, 0.4) is 0 Å². The van der Waals surface area contributed by atoms with Crippen LogP contribution in [0.15, 0.2) is 42.5 Å². The number of carbonyl (C=O) groups excluding carboxylic acids is 1. The summed E-state index contributed by atoms with van der Waals surface area (Å²) < 4.78 is 7.33. The van der Waals surface area contributed by atoms with Crippen LogP contribution < -0.4 is 4.74 Å². The van der Waals surface area contributed by atoms with Gasteiger partial charge in [-0.05, 0) is 72.5 Å². The molecule has 0 saturated heterocycles. The molecular weight excluding hydrogens is 402 g/mol. The van der Waals surface area contributed by atoms with Gasteiger partial charge in [-0.3, -0.25) is 4.79 Å². The Bertz CT molecular complexity index is 1310. The normalized spacial score (nSPS) is 14.0. The van der Waals surface area contributed by atoms with Crippen molar-refractivity contribution in [2.75, 3.05) is 7.11 Å². The van der Waals surface area contributed by atoms with Crippen LogP contribution in [0.4, 0.5) is 0 Å². The topological polar surface area (TPSA) is 72.6 Å². The summed E-state index contributed by atoms with van der Waals surface area (Å²) in [5, 5.41) is 13.5. The van der Waals surface area contributed by atoms with E-state index in [-0.39, 0.29) is 11.8 Å².